The Kier molecular flexibility index (Phi) is 7.97. The number of fused-ring (bicyclic) bond motifs is 3. The number of benzene rings is 6. The molecular formula is C44H37N3O3S. The molecule has 2 aromatic heterocycles. The minimum absolute atomic E-state index is 0.199. The Hall–Kier alpha value is -5.76. The summed E-state index contributed by atoms with van der Waals surface area (Å²) in [4.78, 5) is 5.11. The molecule has 1 unspecified atom stereocenters. The number of imidazole rings is 1. The molecule has 2 heterocycles. The van der Waals surface area contributed by atoms with E-state index in [1.807, 2.05) is 117 Å². The van der Waals surface area contributed by atoms with Crippen LogP contribution < -0.4 is 0 Å². The number of aryl methyl sites for hydroxylation is 1. The van der Waals surface area contributed by atoms with Crippen LogP contribution in [0, 0.1) is 6.92 Å². The monoisotopic (exact) mass is 687 g/mol. The molecule has 0 radical (unpaired) electrons. The summed E-state index contributed by atoms with van der Waals surface area (Å²) in [6, 6.07) is 51.0. The Morgan fingerprint density at radius 2 is 1.16 bits per heavy atom. The van der Waals surface area contributed by atoms with Gasteiger partial charge in [0.1, 0.15) is 11.1 Å². The molecule has 6 nitrogen and oxygen atoms in total. The van der Waals surface area contributed by atoms with Crippen molar-refractivity contribution in [3.8, 4) is 0 Å². The largest absolute Gasteiger partial charge is 0.379 e. The Balaban J connectivity index is 1.34. The van der Waals surface area contributed by atoms with Gasteiger partial charge in [0.15, 0.2) is 0 Å². The van der Waals surface area contributed by atoms with Crippen molar-refractivity contribution in [1.29, 1.82) is 0 Å². The fraction of sp³-hybridized carbons (Fsp3) is 0.114. The third-order valence-electron chi connectivity index (χ3n) is 10.1. The highest BCUT2D eigenvalue weighted by Crippen LogP contribution is 2.43. The van der Waals surface area contributed by atoms with Crippen LogP contribution in [0.5, 0.6) is 0 Å². The van der Waals surface area contributed by atoms with Crippen LogP contribution in [-0.4, -0.2) is 27.0 Å². The van der Waals surface area contributed by atoms with E-state index in [-0.39, 0.29) is 4.90 Å². The van der Waals surface area contributed by atoms with Gasteiger partial charge in [-0.15, -0.1) is 0 Å². The van der Waals surface area contributed by atoms with Gasteiger partial charge < -0.3 is 9.67 Å². The van der Waals surface area contributed by atoms with Crippen LogP contribution in [0.25, 0.3) is 21.8 Å². The average Bonchev–Trinajstić information content (AvgIpc) is 3.81. The van der Waals surface area contributed by atoms with E-state index < -0.39 is 21.2 Å². The van der Waals surface area contributed by atoms with Gasteiger partial charge in [0, 0.05) is 17.0 Å². The first-order chi connectivity index (χ1) is 24.8. The predicted molar refractivity (Wildman–Crippen MR) is 203 cm³/mol. The second-order valence-electron chi connectivity index (χ2n) is 13.0. The summed E-state index contributed by atoms with van der Waals surface area (Å²) < 4.78 is 32.2. The summed E-state index contributed by atoms with van der Waals surface area (Å²) in [6.07, 6.45) is 4.02. The molecule has 0 fully saturated rings. The van der Waals surface area contributed by atoms with Crippen molar-refractivity contribution >= 4 is 31.8 Å². The molecule has 8 aromatic rings. The van der Waals surface area contributed by atoms with Gasteiger partial charge in [0.05, 0.1) is 28.0 Å². The van der Waals surface area contributed by atoms with Crippen molar-refractivity contribution in [1.82, 2.24) is 13.5 Å². The van der Waals surface area contributed by atoms with Crippen molar-refractivity contribution < 1.29 is 13.5 Å². The van der Waals surface area contributed by atoms with Gasteiger partial charge in [-0.1, -0.05) is 146 Å². The first-order valence-corrected chi connectivity index (χ1v) is 18.5. The molecule has 1 N–H and O–H groups in total. The fourth-order valence-electron chi connectivity index (χ4n) is 7.51. The first-order valence-electron chi connectivity index (χ1n) is 17.1. The molecule has 8 rings (SSSR count). The topological polar surface area (TPSA) is 77.1 Å². The molecule has 1 atom stereocenters. The van der Waals surface area contributed by atoms with Gasteiger partial charge in [-0.3, -0.25) is 0 Å². The van der Waals surface area contributed by atoms with Crippen LogP contribution >= 0.6 is 0 Å². The lowest BCUT2D eigenvalue weighted by Gasteiger charge is -2.37. The lowest BCUT2D eigenvalue weighted by atomic mass is 9.76. The van der Waals surface area contributed by atoms with Gasteiger partial charge in [0.25, 0.3) is 10.0 Å². The lowest BCUT2D eigenvalue weighted by molar-refractivity contribution is 0.0723. The van der Waals surface area contributed by atoms with Gasteiger partial charge in [-0.2, -0.15) is 0 Å². The molecular weight excluding hydrogens is 651 g/mol. The summed E-state index contributed by atoms with van der Waals surface area (Å²) in [5.41, 5.74) is 3.83. The zero-order valence-corrected chi connectivity index (χ0v) is 29.2. The highest BCUT2D eigenvalue weighted by atomic mass is 32.2. The normalized spacial score (nSPS) is 13.4. The van der Waals surface area contributed by atoms with E-state index in [9.17, 15) is 13.5 Å². The number of aliphatic hydroxyl groups is 1. The Morgan fingerprint density at radius 1 is 0.627 bits per heavy atom. The third-order valence-corrected chi connectivity index (χ3v) is 11.9. The van der Waals surface area contributed by atoms with E-state index >= 15 is 0 Å². The van der Waals surface area contributed by atoms with E-state index in [2.05, 4.69) is 41.0 Å². The number of hydrogen-bond acceptors (Lipinski definition) is 4. The van der Waals surface area contributed by atoms with Gasteiger partial charge in [-0.05, 0) is 59.9 Å². The Labute approximate surface area is 298 Å². The van der Waals surface area contributed by atoms with Crippen LogP contribution in [0.4, 0.5) is 0 Å². The second kappa shape index (κ2) is 12.5. The van der Waals surface area contributed by atoms with Crippen LogP contribution in [0.1, 0.15) is 46.9 Å². The predicted octanol–water partition coefficient (Wildman–Crippen LogP) is 9.02. The lowest BCUT2D eigenvalue weighted by Crippen LogP contribution is -2.37. The molecule has 51 heavy (non-hydrogen) atoms. The second-order valence-corrected chi connectivity index (χ2v) is 14.8. The average molecular weight is 688 g/mol. The van der Waals surface area contributed by atoms with Crippen molar-refractivity contribution in [2.45, 2.75) is 36.3 Å². The van der Waals surface area contributed by atoms with Crippen LogP contribution in [0.3, 0.4) is 0 Å². The standard InChI is InChI=1S/C44H37N3O3S/c1-3-43(48,36-25-28-39-38-21-13-14-22-40(38)47(41(39)29-36)51(49,50)37-26-23-32(2)24-27-37)42-30-46(31-45-42)44(33-15-7-4-8-16-33,34-17-9-5-10-18-34)35-19-11-6-12-20-35/h4-31,48H,3H2,1-2H3. The summed E-state index contributed by atoms with van der Waals surface area (Å²) in [7, 11) is -3.99. The highest BCUT2D eigenvalue weighted by Gasteiger charge is 2.41. The Bertz CT molecular complexity index is 2500. The molecule has 0 amide bonds. The molecule has 0 aliphatic heterocycles. The molecule has 0 aliphatic carbocycles. The minimum Gasteiger partial charge on any atom is -0.379 e. The number of hydrogen-bond donors (Lipinski definition) is 1. The van der Waals surface area contributed by atoms with E-state index in [0.29, 0.717) is 28.7 Å². The quantitative estimate of drug-likeness (QED) is 0.154. The smallest absolute Gasteiger partial charge is 0.268 e. The van der Waals surface area contributed by atoms with Gasteiger partial charge in [0.2, 0.25) is 0 Å². The summed E-state index contributed by atoms with van der Waals surface area (Å²) in [5, 5.41) is 14.3. The molecule has 0 saturated carbocycles. The molecule has 252 valence electrons. The maximum atomic E-state index is 14.3. The van der Waals surface area contributed by atoms with Crippen LogP contribution in [-0.2, 0) is 21.2 Å². The molecule has 0 aliphatic rings. The zero-order chi connectivity index (χ0) is 35.2. The van der Waals surface area contributed by atoms with E-state index in [4.69, 9.17) is 4.98 Å². The molecule has 0 saturated heterocycles. The number of nitrogens with zero attached hydrogens (tertiary/aromatic N) is 3. The van der Waals surface area contributed by atoms with Crippen LogP contribution in [0.2, 0.25) is 0 Å². The minimum atomic E-state index is -3.99. The number of para-hydroxylation sites is 1. The van der Waals surface area contributed by atoms with Gasteiger partial charge in [-0.25, -0.2) is 17.4 Å². The zero-order valence-electron chi connectivity index (χ0n) is 28.4. The van der Waals surface area contributed by atoms with Gasteiger partial charge >= 0.3 is 0 Å². The van der Waals surface area contributed by atoms with Crippen LogP contribution in [0.15, 0.2) is 175 Å². The van der Waals surface area contributed by atoms with E-state index in [0.717, 1.165) is 33.0 Å². The highest BCUT2D eigenvalue weighted by molar-refractivity contribution is 7.90. The summed E-state index contributed by atoms with van der Waals surface area (Å²) in [6.45, 7) is 3.85. The fourth-order valence-corrected chi connectivity index (χ4v) is 9.02. The molecule has 0 spiro atoms. The molecule has 6 aromatic carbocycles. The van der Waals surface area contributed by atoms with Crippen molar-refractivity contribution in [3.63, 3.8) is 0 Å². The van der Waals surface area contributed by atoms with E-state index in [1.54, 1.807) is 30.6 Å². The first kappa shape index (κ1) is 32.4. The maximum Gasteiger partial charge on any atom is 0.268 e. The van der Waals surface area contributed by atoms with Crippen molar-refractivity contribution in [2.75, 3.05) is 0 Å². The number of aromatic nitrogens is 3. The number of rotatable bonds is 9. The molecule has 7 heteroatoms. The molecule has 0 bridgehead atoms. The Morgan fingerprint density at radius 3 is 1.73 bits per heavy atom. The SMILES string of the molecule is CCC(O)(c1ccc2c3ccccc3n(S(=O)(=O)c3ccc(C)cc3)c2c1)c1cn(C(c2ccccc2)(c2ccccc2)c2ccccc2)cn1. The summed E-state index contributed by atoms with van der Waals surface area (Å²) in [5.74, 6) is 0. The van der Waals surface area contributed by atoms with Crippen molar-refractivity contribution in [2.24, 2.45) is 0 Å². The summed E-state index contributed by atoms with van der Waals surface area (Å²) >= 11 is 0. The maximum absolute atomic E-state index is 14.3. The van der Waals surface area contributed by atoms with Crippen molar-refractivity contribution in [3.05, 3.63) is 204 Å². The third kappa shape index (κ3) is 5.11. The van der Waals surface area contributed by atoms with E-state index in [1.165, 1.54) is 3.97 Å².